The summed E-state index contributed by atoms with van der Waals surface area (Å²) in [6, 6.07) is 1.32. The molecular weight excluding hydrogens is 417 g/mol. The summed E-state index contributed by atoms with van der Waals surface area (Å²) in [5.74, 6) is -4.66. The summed E-state index contributed by atoms with van der Waals surface area (Å²) >= 11 is 0. The third-order valence-corrected chi connectivity index (χ3v) is 3.45. The van der Waals surface area contributed by atoms with Gasteiger partial charge in [0.25, 0.3) is 0 Å². The van der Waals surface area contributed by atoms with Crippen molar-refractivity contribution < 1.29 is 45.8 Å². The van der Waals surface area contributed by atoms with E-state index in [4.69, 9.17) is 9.47 Å². The number of aldehydes is 1. The zero-order valence-electron chi connectivity index (χ0n) is 16.9. The quantitative estimate of drug-likeness (QED) is 0.302. The summed E-state index contributed by atoms with van der Waals surface area (Å²) in [4.78, 5) is 23.8. The van der Waals surface area contributed by atoms with E-state index >= 15 is 0 Å². The average Bonchev–Trinajstić information content (AvgIpc) is 2.57. The van der Waals surface area contributed by atoms with Gasteiger partial charge >= 0.3 is 12.5 Å². The van der Waals surface area contributed by atoms with E-state index < -0.39 is 35.4 Å². The third kappa shape index (κ3) is 9.86. The first-order chi connectivity index (χ1) is 13.8. The lowest BCUT2D eigenvalue weighted by molar-refractivity contribution is -0.276. The van der Waals surface area contributed by atoms with Gasteiger partial charge in [-0.2, -0.15) is 0 Å². The van der Waals surface area contributed by atoms with Crippen LogP contribution in [0.2, 0.25) is 0 Å². The summed E-state index contributed by atoms with van der Waals surface area (Å²) in [7, 11) is 0. The molecule has 30 heavy (non-hydrogen) atoms. The number of nitrogens with zero attached hydrogens (tertiary/aromatic N) is 1. The van der Waals surface area contributed by atoms with E-state index in [0.29, 0.717) is 31.3 Å². The van der Waals surface area contributed by atoms with Gasteiger partial charge in [-0.1, -0.05) is 0 Å². The second kappa shape index (κ2) is 11.1. The molecule has 0 fully saturated rings. The highest BCUT2D eigenvalue weighted by Gasteiger charge is 2.34. The lowest BCUT2D eigenvalue weighted by Crippen LogP contribution is -2.37. The normalized spacial score (nSPS) is 11.9. The Kier molecular flexibility index (Phi) is 9.47. The number of alkyl halides is 3. The maximum Gasteiger partial charge on any atom is 0.573 e. The maximum atomic E-state index is 13.9. The molecule has 170 valence electrons. The van der Waals surface area contributed by atoms with Crippen LogP contribution in [0.15, 0.2) is 12.1 Å². The van der Waals surface area contributed by atoms with Crippen molar-refractivity contribution in [1.82, 2.24) is 4.90 Å². The number of hydrogen-bond acceptors (Lipinski definition) is 5. The van der Waals surface area contributed by atoms with Crippen molar-refractivity contribution in [1.29, 1.82) is 0 Å². The molecular formula is C19H24F5NO5. The van der Waals surface area contributed by atoms with Gasteiger partial charge in [0.05, 0.1) is 0 Å². The number of carbonyl (C=O) groups is 2. The Morgan fingerprint density at radius 1 is 1.10 bits per heavy atom. The lowest BCUT2D eigenvalue weighted by atomic mass is 10.1. The van der Waals surface area contributed by atoms with Gasteiger partial charge in [0.15, 0.2) is 11.6 Å². The molecule has 0 N–H and O–H groups in total. The number of amides is 1. The molecule has 0 saturated carbocycles. The van der Waals surface area contributed by atoms with Gasteiger partial charge < -0.3 is 23.9 Å². The van der Waals surface area contributed by atoms with Crippen molar-refractivity contribution in [2.45, 2.75) is 52.1 Å². The maximum absolute atomic E-state index is 13.9. The summed E-state index contributed by atoms with van der Waals surface area (Å²) in [6.45, 7) is 4.96. The van der Waals surface area contributed by atoms with Crippen LogP contribution < -0.4 is 4.74 Å². The Morgan fingerprint density at radius 2 is 1.70 bits per heavy atom. The number of halogens is 5. The molecule has 0 radical (unpaired) electrons. The smallest absolute Gasteiger partial charge is 0.444 e. The Bertz CT molecular complexity index is 695. The molecule has 0 heterocycles. The minimum Gasteiger partial charge on any atom is -0.444 e. The highest BCUT2D eigenvalue weighted by Crippen LogP contribution is 2.30. The van der Waals surface area contributed by atoms with E-state index in [1.54, 1.807) is 20.8 Å². The standard InChI is InChI=1S/C19H24F5NO5/c1-18(2,3)30-17(27)25(6-4-5-8-28-9-7-26)12-13-10-14(20)16(15(21)11-13)29-19(22,23)24/h7,10-11H,4-6,8-9,12H2,1-3H3. The predicted molar refractivity (Wildman–Crippen MR) is 95.8 cm³/mol. The Morgan fingerprint density at radius 3 is 2.20 bits per heavy atom. The van der Waals surface area contributed by atoms with E-state index in [0.717, 1.165) is 0 Å². The Labute approximate surface area is 170 Å². The first-order valence-electron chi connectivity index (χ1n) is 9.05. The van der Waals surface area contributed by atoms with Gasteiger partial charge in [-0.05, 0) is 51.3 Å². The van der Waals surface area contributed by atoms with Crippen molar-refractivity contribution in [2.24, 2.45) is 0 Å². The molecule has 0 aliphatic carbocycles. The third-order valence-electron chi connectivity index (χ3n) is 3.45. The number of unbranched alkanes of at least 4 members (excludes halogenated alkanes) is 1. The molecule has 0 unspecified atom stereocenters. The van der Waals surface area contributed by atoms with Gasteiger partial charge in [-0.15, -0.1) is 13.2 Å². The van der Waals surface area contributed by atoms with Crippen molar-refractivity contribution in [2.75, 3.05) is 19.8 Å². The highest BCUT2D eigenvalue weighted by molar-refractivity contribution is 5.68. The van der Waals surface area contributed by atoms with Crippen LogP contribution in [0, 0.1) is 11.6 Å². The predicted octanol–water partition coefficient (Wildman–Crippen LogP) is 4.60. The summed E-state index contributed by atoms with van der Waals surface area (Å²) in [5, 5.41) is 0. The first kappa shape index (κ1) is 25.6. The van der Waals surface area contributed by atoms with Crippen LogP contribution in [-0.4, -0.2) is 49.0 Å². The van der Waals surface area contributed by atoms with Gasteiger partial charge in [-0.25, -0.2) is 13.6 Å². The van der Waals surface area contributed by atoms with Crippen molar-refractivity contribution in [3.8, 4) is 5.75 Å². The van der Waals surface area contributed by atoms with Crippen molar-refractivity contribution in [3.63, 3.8) is 0 Å². The summed E-state index contributed by atoms with van der Waals surface area (Å²) < 4.78 is 78.3. The molecule has 1 aromatic rings. The van der Waals surface area contributed by atoms with Gasteiger partial charge in [0.1, 0.15) is 18.5 Å². The average molecular weight is 441 g/mol. The molecule has 0 bridgehead atoms. The SMILES string of the molecule is CC(C)(C)OC(=O)N(CCCCOCC=O)Cc1cc(F)c(OC(F)(F)F)c(F)c1. The minimum atomic E-state index is -5.25. The number of ether oxygens (including phenoxy) is 3. The van der Waals surface area contributed by atoms with E-state index in [-0.39, 0.29) is 31.9 Å². The van der Waals surface area contributed by atoms with Crippen LogP contribution in [0.3, 0.4) is 0 Å². The number of hydrogen-bond donors (Lipinski definition) is 0. The fourth-order valence-electron chi connectivity index (χ4n) is 2.34. The van der Waals surface area contributed by atoms with Crippen LogP contribution in [0.4, 0.5) is 26.7 Å². The van der Waals surface area contributed by atoms with Crippen LogP contribution >= 0.6 is 0 Å². The molecule has 0 saturated heterocycles. The molecule has 0 aliphatic heterocycles. The molecule has 0 atom stereocenters. The second-order valence-electron chi connectivity index (χ2n) is 7.29. The molecule has 0 spiro atoms. The van der Waals surface area contributed by atoms with Gasteiger partial charge in [-0.3, -0.25) is 0 Å². The van der Waals surface area contributed by atoms with Crippen molar-refractivity contribution >= 4 is 12.4 Å². The second-order valence-corrected chi connectivity index (χ2v) is 7.29. The molecule has 11 heteroatoms. The van der Waals surface area contributed by atoms with Crippen LogP contribution in [-0.2, 0) is 20.8 Å². The summed E-state index contributed by atoms with van der Waals surface area (Å²) in [6.07, 6.45) is -4.49. The zero-order valence-corrected chi connectivity index (χ0v) is 16.9. The van der Waals surface area contributed by atoms with Crippen LogP contribution in [0.25, 0.3) is 0 Å². The molecule has 0 aromatic heterocycles. The molecule has 1 amide bonds. The van der Waals surface area contributed by atoms with Gasteiger partial charge in [0.2, 0.25) is 5.75 Å². The number of benzene rings is 1. The molecule has 6 nitrogen and oxygen atoms in total. The topological polar surface area (TPSA) is 65.1 Å². The fourth-order valence-corrected chi connectivity index (χ4v) is 2.34. The van der Waals surface area contributed by atoms with Crippen LogP contribution in [0.1, 0.15) is 39.2 Å². The monoisotopic (exact) mass is 441 g/mol. The fraction of sp³-hybridized carbons (Fsp3) is 0.579. The molecule has 1 aromatic carbocycles. The van der Waals surface area contributed by atoms with Crippen LogP contribution in [0.5, 0.6) is 5.75 Å². The number of carbonyl (C=O) groups excluding carboxylic acids is 2. The van der Waals surface area contributed by atoms with E-state index in [1.807, 2.05) is 0 Å². The largest absolute Gasteiger partial charge is 0.573 e. The molecule has 0 aliphatic rings. The zero-order chi connectivity index (χ0) is 22.9. The Balaban J connectivity index is 2.91. The summed E-state index contributed by atoms with van der Waals surface area (Å²) in [5.41, 5.74) is -0.911. The van der Waals surface area contributed by atoms with Gasteiger partial charge in [0, 0.05) is 19.7 Å². The highest BCUT2D eigenvalue weighted by atomic mass is 19.4. The van der Waals surface area contributed by atoms with E-state index in [1.165, 1.54) is 4.90 Å². The van der Waals surface area contributed by atoms with E-state index in [9.17, 15) is 31.5 Å². The number of rotatable bonds is 10. The first-order valence-corrected chi connectivity index (χ1v) is 9.05. The van der Waals surface area contributed by atoms with Crippen molar-refractivity contribution in [3.05, 3.63) is 29.3 Å². The lowest BCUT2D eigenvalue weighted by Gasteiger charge is -2.27. The Hall–Kier alpha value is -2.43. The minimum absolute atomic E-state index is 0.0549. The van der Waals surface area contributed by atoms with E-state index in [2.05, 4.69) is 4.74 Å². The molecule has 1 rings (SSSR count).